The van der Waals surface area contributed by atoms with Gasteiger partial charge in [0.25, 0.3) is 0 Å². The van der Waals surface area contributed by atoms with Gasteiger partial charge in [-0.3, -0.25) is 0 Å². The molecular formula is C25H22O3. The molecule has 0 aliphatic rings. The molecule has 0 spiro atoms. The summed E-state index contributed by atoms with van der Waals surface area (Å²) < 4.78 is 10.1. The Morgan fingerprint density at radius 3 is 1.86 bits per heavy atom. The molecule has 28 heavy (non-hydrogen) atoms. The molecule has 0 saturated carbocycles. The largest absolute Gasteiger partial charge is 0.457 e. The molecular weight excluding hydrogens is 348 g/mol. The first kappa shape index (κ1) is 19.2. The van der Waals surface area contributed by atoms with Crippen molar-refractivity contribution in [2.24, 2.45) is 0 Å². The fourth-order valence-corrected chi connectivity index (χ4v) is 2.61. The minimum Gasteiger partial charge on any atom is -0.457 e. The third-order valence-corrected chi connectivity index (χ3v) is 4.24. The Hall–Kier alpha value is -3.59. The van der Waals surface area contributed by atoms with Crippen molar-refractivity contribution in [2.45, 2.75) is 6.92 Å². The molecule has 0 unspecified atom stereocenters. The van der Waals surface area contributed by atoms with Gasteiger partial charge in [-0.15, -0.1) is 0 Å². The number of hydrogen-bond acceptors (Lipinski definition) is 3. The lowest BCUT2D eigenvalue weighted by Gasteiger charge is -2.06. The minimum atomic E-state index is -0.507. The van der Waals surface area contributed by atoms with E-state index in [0.29, 0.717) is 5.75 Å². The number of carbonyl (C=O) groups is 1. The lowest BCUT2D eigenvalue weighted by atomic mass is 10.0. The summed E-state index contributed by atoms with van der Waals surface area (Å²) in [7, 11) is 0. The minimum absolute atomic E-state index is 0.132. The summed E-state index contributed by atoms with van der Waals surface area (Å²) in [5.74, 6) is 0.129. The van der Waals surface area contributed by atoms with Crippen LogP contribution in [-0.2, 0) is 9.53 Å². The SMILES string of the molecule is C=CC(=O)OCOc1ccc(/C=C/c2ccc(-c3ccc(C)cc3)cc2)cc1. The Labute approximate surface area is 165 Å². The van der Waals surface area contributed by atoms with E-state index in [1.54, 1.807) is 0 Å². The molecule has 0 N–H and O–H groups in total. The molecule has 3 rings (SSSR count). The number of rotatable bonds is 7. The van der Waals surface area contributed by atoms with Crippen LogP contribution in [0.25, 0.3) is 23.3 Å². The highest BCUT2D eigenvalue weighted by Gasteiger charge is 1.98. The van der Waals surface area contributed by atoms with E-state index < -0.39 is 5.97 Å². The summed E-state index contributed by atoms with van der Waals surface area (Å²) in [5.41, 5.74) is 5.87. The second kappa shape index (κ2) is 9.38. The van der Waals surface area contributed by atoms with Crippen molar-refractivity contribution in [1.82, 2.24) is 0 Å². The first-order valence-corrected chi connectivity index (χ1v) is 9.01. The van der Waals surface area contributed by atoms with Crippen LogP contribution in [-0.4, -0.2) is 12.8 Å². The summed E-state index contributed by atoms with van der Waals surface area (Å²) >= 11 is 0. The highest BCUT2D eigenvalue weighted by molar-refractivity contribution is 5.81. The molecule has 0 bridgehead atoms. The Morgan fingerprint density at radius 2 is 1.32 bits per heavy atom. The average Bonchev–Trinajstić information content (AvgIpc) is 2.74. The molecule has 0 aliphatic heterocycles. The van der Waals surface area contributed by atoms with Gasteiger partial charge in [0.15, 0.2) is 0 Å². The third kappa shape index (κ3) is 5.45. The first-order valence-electron chi connectivity index (χ1n) is 9.01. The van der Waals surface area contributed by atoms with Crippen LogP contribution in [0, 0.1) is 6.92 Å². The molecule has 0 aromatic heterocycles. The fraction of sp³-hybridized carbons (Fsp3) is 0.0800. The van der Waals surface area contributed by atoms with E-state index in [-0.39, 0.29) is 6.79 Å². The van der Waals surface area contributed by atoms with Gasteiger partial charge in [-0.1, -0.05) is 85.0 Å². The second-order valence-electron chi connectivity index (χ2n) is 6.32. The number of ether oxygens (including phenoxy) is 2. The van der Waals surface area contributed by atoms with Gasteiger partial charge >= 0.3 is 5.97 Å². The molecule has 0 saturated heterocycles. The van der Waals surface area contributed by atoms with Crippen LogP contribution in [0.5, 0.6) is 5.75 Å². The number of benzene rings is 3. The van der Waals surface area contributed by atoms with Crippen LogP contribution in [0.1, 0.15) is 16.7 Å². The predicted octanol–water partition coefficient (Wildman–Crippen LogP) is 5.90. The Bertz CT molecular complexity index is 950. The quantitative estimate of drug-likeness (QED) is 0.225. The molecule has 0 heterocycles. The van der Waals surface area contributed by atoms with Crippen LogP contribution in [0.2, 0.25) is 0 Å². The zero-order valence-corrected chi connectivity index (χ0v) is 15.8. The maximum Gasteiger partial charge on any atom is 0.333 e. The van der Waals surface area contributed by atoms with Crippen LogP contribution >= 0.6 is 0 Å². The maximum atomic E-state index is 11.0. The van der Waals surface area contributed by atoms with Crippen molar-refractivity contribution in [3.8, 4) is 16.9 Å². The summed E-state index contributed by atoms with van der Waals surface area (Å²) in [5, 5.41) is 0. The molecule has 3 aromatic carbocycles. The zero-order valence-electron chi connectivity index (χ0n) is 15.8. The van der Waals surface area contributed by atoms with Crippen molar-refractivity contribution in [3.63, 3.8) is 0 Å². The van der Waals surface area contributed by atoms with E-state index in [1.807, 2.05) is 30.3 Å². The van der Waals surface area contributed by atoms with Gasteiger partial charge in [0.05, 0.1) is 0 Å². The van der Waals surface area contributed by atoms with Crippen LogP contribution in [0.3, 0.4) is 0 Å². The van der Waals surface area contributed by atoms with Crippen molar-refractivity contribution in [2.75, 3.05) is 6.79 Å². The summed E-state index contributed by atoms with van der Waals surface area (Å²) in [6.07, 6.45) is 5.22. The molecule has 3 aromatic rings. The fourth-order valence-electron chi connectivity index (χ4n) is 2.61. The van der Waals surface area contributed by atoms with Gasteiger partial charge in [0, 0.05) is 6.08 Å². The van der Waals surface area contributed by atoms with Crippen LogP contribution in [0.15, 0.2) is 85.5 Å². The second-order valence-corrected chi connectivity index (χ2v) is 6.32. The molecule has 0 atom stereocenters. The van der Waals surface area contributed by atoms with Gasteiger partial charge in [0.2, 0.25) is 6.79 Å². The highest BCUT2D eigenvalue weighted by Crippen LogP contribution is 2.21. The number of aryl methyl sites for hydroxylation is 1. The lowest BCUT2D eigenvalue weighted by molar-refractivity contribution is -0.144. The smallest absolute Gasteiger partial charge is 0.333 e. The van der Waals surface area contributed by atoms with Gasteiger partial charge in [-0.2, -0.15) is 0 Å². The number of esters is 1. The van der Waals surface area contributed by atoms with Crippen molar-refractivity contribution >= 4 is 18.1 Å². The van der Waals surface area contributed by atoms with Crippen LogP contribution in [0.4, 0.5) is 0 Å². The molecule has 0 aliphatic carbocycles. The highest BCUT2D eigenvalue weighted by atomic mass is 16.7. The van der Waals surface area contributed by atoms with Crippen LogP contribution < -0.4 is 4.74 Å². The molecule has 3 nitrogen and oxygen atoms in total. The molecule has 3 heteroatoms. The van der Waals surface area contributed by atoms with E-state index in [2.05, 4.69) is 68.1 Å². The van der Waals surface area contributed by atoms with Gasteiger partial charge < -0.3 is 9.47 Å². The van der Waals surface area contributed by atoms with E-state index in [1.165, 1.54) is 16.7 Å². The average molecular weight is 370 g/mol. The Morgan fingerprint density at radius 1 is 0.821 bits per heavy atom. The van der Waals surface area contributed by atoms with E-state index in [4.69, 9.17) is 9.47 Å². The molecule has 140 valence electrons. The maximum absolute atomic E-state index is 11.0. The monoisotopic (exact) mass is 370 g/mol. The Kier molecular flexibility index (Phi) is 6.42. The Balaban J connectivity index is 1.58. The topological polar surface area (TPSA) is 35.5 Å². The summed E-state index contributed by atoms with van der Waals surface area (Å²) in [6.45, 7) is 5.29. The molecule has 0 radical (unpaired) electrons. The first-order chi connectivity index (χ1) is 13.6. The van der Waals surface area contributed by atoms with Gasteiger partial charge in [-0.05, 0) is 41.3 Å². The van der Waals surface area contributed by atoms with E-state index in [0.717, 1.165) is 17.2 Å². The predicted molar refractivity (Wildman–Crippen MR) is 114 cm³/mol. The van der Waals surface area contributed by atoms with Gasteiger partial charge in [0.1, 0.15) is 5.75 Å². The standard InChI is InChI=1S/C25H22O3/c1-3-25(26)28-18-27-24-16-10-21(11-17-24)7-6-20-8-14-23(15-9-20)22-12-4-19(2)5-13-22/h3-17H,1,18H2,2H3/b7-6+. The summed E-state index contributed by atoms with van der Waals surface area (Å²) in [4.78, 5) is 11.0. The van der Waals surface area contributed by atoms with Crippen molar-refractivity contribution in [1.29, 1.82) is 0 Å². The molecule has 0 fully saturated rings. The summed E-state index contributed by atoms with van der Waals surface area (Å²) in [6, 6.07) is 24.6. The zero-order chi connectivity index (χ0) is 19.8. The number of carbonyl (C=O) groups excluding carboxylic acids is 1. The van der Waals surface area contributed by atoms with Crippen molar-refractivity contribution in [3.05, 3.63) is 102 Å². The lowest BCUT2D eigenvalue weighted by Crippen LogP contribution is -2.07. The van der Waals surface area contributed by atoms with Crippen molar-refractivity contribution < 1.29 is 14.3 Å². The molecule has 0 amide bonds. The van der Waals surface area contributed by atoms with E-state index in [9.17, 15) is 4.79 Å². The normalized spacial score (nSPS) is 10.6. The number of hydrogen-bond donors (Lipinski definition) is 0. The third-order valence-electron chi connectivity index (χ3n) is 4.24. The van der Waals surface area contributed by atoms with Gasteiger partial charge in [-0.25, -0.2) is 4.79 Å². The van der Waals surface area contributed by atoms with E-state index >= 15 is 0 Å².